The summed E-state index contributed by atoms with van der Waals surface area (Å²) >= 11 is 0. The average Bonchev–Trinajstić information content (AvgIpc) is 2.93. The summed E-state index contributed by atoms with van der Waals surface area (Å²) in [6, 6.07) is 0.0272. The number of amides is 1. The molecule has 0 saturated carbocycles. The molecule has 9 nitrogen and oxygen atoms in total. The van der Waals surface area contributed by atoms with E-state index in [9.17, 15) is 9.59 Å². The second kappa shape index (κ2) is 8.11. The third kappa shape index (κ3) is 4.68. The molecule has 1 atom stereocenters. The van der Waals surface area contributed by atoms with Crippen LogP contribution < -0.4 is 11.1 Å². The number of nitrogens with one attached hydrogen (secondary N) is 1. The first-order valence-electron chi connectivity index (χ1n) is 8.62. The molecule has 0 fully saturated rings. The fraction of sp³-hybridized carbons (Fsp3) is 0.588. The van der Waals surface area contributed by atoms with Gasteiger partial charge in [0.2, 0.25) is 5.95 Å². The first-order valence-corrected chi connectivity index (χ1v) is 8.62. The lowest BCUT2D eigenvalue weighted by molar-refractivity contribution is -0.148. The van der Waals surface area contributed by atoms with Gasteiger partial charge in [-0.25, -0.2) is 4.98 Å². The highest BCUT2D eigenvalue weighted by Gasteiger charge is 2.16. The highest BCUT2D eigenvalue weighted by atomic mass is 16.5. The average molecular weight is 362 g/mol. The number of hydrogen-bond donors (Lipinski definition) is 2. The van der Waals surface area contributed by atoms with Crippen molar-refractivity contribution in [1.82, 2.24) is 24.9 Å². The molecule has 3 N–H and O–H groups in total. The lowest BCUT2D eigenvalue weighted by Crippen LogP contribution is -2.38. The summed E-state index contributed by atoms with van der Waals surface area (Å²) in [4.78, 5) is 32.1. The van der Waals surface area contributed by atoms with Crippen LogP contribution in [0.15, 0.2) is 0 Å². The van der Waals surface area contributed by atoms with Crippen molar-refractivity contribution in [2.45, 2.75) is 53.5 Å². The minimum absolute atomic E-state index is 0.0272. The van der Waals surface area contributed by atoms with E-state index >= 15 is 0 Å². The number of hydrogen-bond acceptors (Lipinski definition) is 7. The van der Waals surface area contributed by atoms with Crippen molar-refractivity contribution in [1.29, 1.82) is 0 Å². The maximum Gasteiger partial charge on any atom is 0.306 e. The van der Waals surface area contributed by atoms with Crippen LogP contribution >= 0.6 is 0 Å². The van der Waals surface area contributed by atoms with Crippen LogP contribution in [0.4, 0.5) is 5.95 Å². The lowest BCUT2D eigenvalue weighted by Gasteiger charge is -2.17. The molecule has 0 aliphatic heterocycles. The number of nitrogen functional groups attached to an aromatic ring is 1. The Kier molecular flexibility index (Phi) is 6.12. The number of aromatic nitrogens is 4. The van der Waals surface area contributed by atoms with Gasteiger partial charge in [-0.2, -0.15) is 9.50 Å². The van der Waals surface area contributed by atoms with Gasteiger partial charge in [-0.3, -0.25) is 9.59 Å². The number of esters is 1. The molecule has 2 aromatic rings. The Morgan fingerprint density at radius 3 is 2.58 bits per heavy atom. The van der Waals surface area contributed by atoms with Gasteiger partial charge in [-0.15, -0.1) is 5.10 Å². The van der Waals surface area contributed by atoms with Crippen molar-refractivity contribution >= 4 is 23.6 Å². The molecular formula is C17H26N6O3. The molecule has 0 spiro atoms. The number of carbonyl (C=O) groups is 2. The van der Waals surface area contributed by atoms with Crippen LogP contribution in [-0.2, 0) is 20.7 Å². The molecule has 9 heteroatoms. The van der Waals surface area contributed by atoms with Gasteiger partial charge in [-0.1, -0.05) is 13.8 Å². The number of nitrogens with two attached hydrogens (primary N) is 1. The van der Waals surface area contributed by atoms with Crippen molar-refractivity contribution < 1.29 is 14.3 Å². The number of aryl methyl sites for hydroxylation is 2. The van der Waals surface area contributed by atoms with Crippen LogP contribution in [-0.4, -0.2) is 44.1 Å². The third-order valence-electron chi connectivity index (χ3n) is 4.40. The molecule has 0 aliphatic rings. The molecule has 2 aromatic heterocycles. The smallest absolute Gasteiger partial charge is 0.306 e. The van der Waals surface area contributed by atoms with Crippen molar-refractivity contribution in [2.24, 2.45) is 5.92 Å². The van der Waals surface area contributed by atoms with Crippen LogP contribution in [0.1, 0.15) is 44.1 Å². The van der Waals surface area contributed by atoms with Gasteiger partial charge < -0.3 is 15.8 Å². The normalized spacial score (nSPS) is 12.4. The minimum Gasteiger partial charge on any atom is -0.456 e. The van der Waals surface area contributed by atoms with Gasteiger partial charge in [0, 0.05) is 23.9 Å². The molecule has 2 rings (SSSR count). The Labute approximate surface area is 152 Å². The van der Waals surface area contributed by atoms with Crippen LogP contribution in [0, 0.1) is 19.8 Å². The first kappa shape index (κ1) is 19.6. The molecule has 1 amide bonds. The minimum atomic E-state index is -0.436. The summed E-state index contributed by atoms with van der Waals surface area (Å²) in [6.07, 6.45) is 0.579. The summed E-state index contributed by atoms with van der Waals surface area (Å²) in [5.41, 5.74) is 8.08. The Morgan fingerprint density at radius 1 is 1.23 bits per heavy atom. The Balaban J connectivity index is 1.91. The zero-order valence-electron chi connectivity index (χ0n) is 15.9. The van der Waals surface area contributed by atoms with E-state index in [1.165, 1.54) is 0 Å². The van der Waals surface area contributed by atoms with Crippen LogP contribution in [0.3, 0.4) is 0 Å². The van der Waals surface area contributed by atoms with Crippen LogP contribution in [0.2, 0.25) is 0 Å². The summed E-state index contributed by atoms with van der Waals surface area (Å²) in [7, 11) is 0. The monoisotopic (exact) mass is 362 g/mol. The van der Waals surface area contributed by atoms with E-state index in [1.54, 1.807) is 4.52 Å². The van der Waals surface area contributed by atoms with Gasteiger partial charge in [0.1, 0.15) is 0 Å². The fourth-order valence-electron chi connectivity index (χ4n) is 2.49. The number of fused-ring (bicyclic) bond motifs is 1. The van der Waals surface area contributed by atoms with Crippen molar-refractivity contribution in [3.63, 3.8) is 0 Å². The number of nitrogens with zero attached hydrogens (tertiary/aromatic N) is 4. The van der Waals surface area contributed by atoms with E-state index in [2.05, 4.69) is 20.4 Å². The van der Waals surface area contributed by atoms with Gasteiger partial charge in [0.25, 0.3) is 11.7 Å². The molecule has 142 valence electrons. The second-order valence-electron chi connectivity index (χ2n) is 6.70. The number of anilines is 1. The molecule has 26 heavy (non-hydrogen) atoms. The first-order chi connectivity index (χ1) is 12.2. The zero-order valence-corrected chi connectivity index (χ0v) is 15.9. The summed E-state index contributed by atoms with van der Waals surface area (Å²) in [6.45, 7) is 9.38. The largest absolute Gasteiger partial charge is 0.456 e. The van der Waals surface area contributed by atoms with Gasteiger partial charge in [0.05, 0.1) is 0 Å². The highest BCUT2D eigenvalue weighted by molar-refractivity contribution is 5.80. The van der Waals surface area contributed by atoms with E-state index in [0.717, 1.165) is 17.0 Å². The predicted molar refractivity (Wildman–Crippen MR) is 96.4 cm³/mol. The number of carbonyl (C=O) groups excluding carboxylic acids is 2. The Morgan fingerprint density at radius 2 is 1.92 bits per heavy atom. The topological polar surface area (TPSA) is 124 Å². The van der Waals surface area contributed by atoms with E-state index < -0.39 is 5.97 Å². The maximum absolute atomic E-state index is 12.0. The molecule has 0 bridgehead atoms. The zero-order chi connectivity index (χ0) is 19.4. The summed E-state index contributed by atoms with van der Waals surface area (Å²) in [5.74, 6) is 0.161. The number of ether oxygens (including phenoxy) is 1. The van der Waals surface area contributed by atoms with Crippen molar-refractivity contribution in [3.05, 3.63) is 17.0 Å². The standard InChI is InChI=1S/C17H26N6O3/c1-9(2)10(3)19-14(24)8-26-15(25)7-6-13-11(4)20-17-21-16(18)22-23(17)12(13)5/h9-10H,6-8H2,1-5H3,(H2,18,22)(H,19,24)/t10-/m1/s1. The molecule has 0 aromatic carbocycles. The second-order valence-corrected chi connectivity index (χ2v) is 6.70. The molecule has 0 aliphatic carbocycles. The van der Waals surface area contributed by atoms with E-state index in [1.807, 2.05) is 34.6 Å². The quantitative estimate of drug-likeness (QED) is 0.703. The van der Waals surface area contributed by atoms with E-state index in [4.69, 9.17) is 10.5 Å². The Bertz CT molecular complexity index is 814. The molecule has 0 radical (unpaired) electrons. The van der Waals surface area contributed by atoms with Crippen LogP contribution in [0.25, 0.3) is 5.78 Å². The highest BCUT2D eigenvalue weighted by Crippen LogP contribution is 2.16. The summed E-state index contributed by atoms with van der Waals surface area (Å²) in [5, 5.41) is 6.89. The fourth-order valence-corrected chi connectivity index (χ4v) is 2.49. The SMILES string of the molecule is Cc1nc2nc(N)nn2c(C)c1CCC(=O)OCC(=O)N[C@H](C)C(C)C. The molecule has 2 heterocycles. The van der Waals surface area contributed by atoms with E-state index in [0.29, 0.717) is 18.1 Å². The van der Waals surface area contributed by atoms with Gasteiger partial charge in [0.15, 0.2) is 6.61 Å². The van der Waals surface area contributed by atoms with Gasteiger partial charge >= 0.3 is 5.97 Å². The lowest BCUT2D eigenvalue weighted by atomic mass is 10.1. The molecule has 0 saturated heterocycles. The predicted octanol–water partition coefficient (Wildman–Crippen LogP) is 0.960. The summed E-state index contributed by atoms with van der Waals surface area (Å²) < 4.78 is 6.61. The van der Waals surface area contributed by atoms with Gasteiger partial charge in [-0.05, 0) is 38.7 Å². The maximum atomic E-state index is 12.0. The van der Waals surface area contributed by atoms with Crippen molar-refractivity contribution in [2.75, 3.05) is 12.3 Å². The molecular weight excluding hydrogens is 336 g/mol. The Hall–Kier alpha value is -2.71. The van der Waals surface area contributed by atoms with E-state index in [-0.39, 0.29) is 30.9 Å². The van der Waals surface area contributed by atoms with Crippen LogP contribution in [0.5, 0.6) is 0 Å². The van der Waals surface area contributed by atoms with Crippen molar-refractivity contribution in [3.8, 4) is 0 Å². The third-order valence-corrected chi connectivity index (χ3v) is 4.40. The molecule has 0 unspecified atom stereocenters. The number of rotatable bonds is 7.